The van der Waals surface area contributed by atoms with Crippen LogP contribution in [0.15, 0.2) is 0 Å². The number of carbonyl (C=O) groups is 2. The number of nitrogens with zero attached hydrogens (tertiary/aromatic N) is 1. The molecule has 2 rings (SSSR count). The summed E-state index contributed by atoms with van der Waals surface area (Å²) in [5.41, 5.74) is -7.98. The first kappa shape index (κ1) is 19.8. The van der Waals surface area contributed by atoms with Crippen molar-refractivity contribution in [2.45, 2.75) is 63.3 Å². The molecule has 0 amide bonds. The largest absolute Gasteiger partial charge is 0.460 e. The predicted octanol–water partition coefficient (Wildman–Crippen LogP) is 2.79. The van der Waals surface area contributed by atoms with E-state index in [1.165, 1.54) is 20.8 Å². The summed E-state index contributed by atoms with van der Waals surface area (Å²) < 4.78 is 88.9. The molecule has 0 aliphatic carbocycles. The van der Waals surface area contributed by atoms with Crippen molar-refractivity contribution in [3.8, 4) is 0 Å². The van der Waals surface area contributed by atoms with Crippen LogP contribution in [0.1, 0.15) is 34.1 Å². The van der Waals surface area contributed by atoms with Gasteiger partial charge in [-0.25, -0.2) is 9.69 Å². The molecule has 0 N–H and O–H groups in total. The number of rotatable bonds is 1. The zero-order chi connectivity index (χ0) is 19.6. The average molecular weight is 377 g/mol. The minimum atomic E-state index is -5.93. The van der Waals surface area contributed by atoms with E-state index >= 15 is 0 Å². The first-order chi connectivity index (χ1) is 11.0. The highest BCUT2D eigenvalue weighted by Crippen LogP contribution is 2.58. The van der Waals surface area contributed by atoms with Crippen LogP contribution in [-0.4, -0.2) is 52.6 Å². The second kappa shape index (κ2) is 5.24. The normalized spacial score (nSPS) is 30.2. The molecular weight excluding hydrogens is 360 g/mol. The van der Waals surface area contributed by atoms with E-state index in [-0.39, 0.29) is 4.90 Å². The molecule has 2 aliphatic heterocycles. The van der Waals surface area contributed by atoms with Gasteiger partial charge in [0.1, 0.15) is 11.1 Å². The van der Waals surface area contributed by atoms with Crippen molar-refractivity contribution >= 4 is 11.9 Å². The Kier molecular flexibility index (Phi) is 4.15. The lowest BCUT2D eigenvalue weighted by atomic mass is 9.94. The van der Waals surface area contributed by atoms with Gasteiger partial charge in [-0.3, -0.25) is 4.79 Å². The van der Waals surface area contributed by atoms with E-state index in [1.54, 1.807) is 0 Å². The molecule has 2 atom stereocenters. The van der Waals surface area contributed by atoms with Crippen molar-refractivity contribution in [3.63, 3.8) is 0 Å². The lowest BCUT2D eigenvalue weighted by molar-refractivity contribution is -0.402. The molecule has 5 nitrogen and oxygen atoms in total. The Balaban J connectivity index is 2.45. The van der Waals surface area contributed by atoms with Crippen molar-refractivity contribution in [2.75, 3.05) is 6.54 Å². The Morgan fingerprint density at radius 2 is 1.64 bits per heavy atom. The van der Waals surface area contributed by atoms with Gasteiger partial charge in [0, 0.05) is 6.54 Å². The van der Waals surface area contributed by atoms with Crippen LogP contribution in [-0.2, 0) is 19.1 Å². The first-order valence-corrected chi connectivity index (χ1v) is 7.33. The summed E-state index contributed by atoms with van der Waals surface area (Å²) in [6.45, 7) is 4.46. The molecule has 11 heteroatoms. The SMILES string of the molecule is CC(C)(C)OC(=O)[C@H]1CN2C(C(F)(F)F)(C(F)(F)F)OC(=O)[C@]2(C)C1. The number of alkyl halides is 6. The monoisotopic (exact) mass is 377 g/mol. The molecule has 25 heavy (non-hydrogen) atoms. The van der Waals surface area contributed by atoms with Gasteiger partial charge in [-0.15, -0.1) is 0 Å². The number of fused-ring (bicyclic) bond motifs is 1. The number of carbonyl (C=O) groups excluding carboxylic acids is 2. The third-order valence-electron chi connectivity index (χ3n) is 4.21. The Hall–Kier alpha value is -1.52. The zero-order valence-electron chi connectivity index (χ0n) is 13.8. The maximum Gasteiger partial charge on any atom is 0.453 e. The zero-order valence-corrected chi connectivity index (χ0v) is 13.8. The Morgan fingerprint density at radius 1 is 1.16 bits per heavy atom. The van der Waals surface area contributed by atoms with Gasteiger partial charge in [-0.05, 0) is 34.1 Å². The lowest BCUT2D eigenvalue weighted by Gasteiger charge is -2.39. The molecule has 144 valence electrons. The van der Waals surface area contributed by atoms with Crippen molar-refractivity contribution in [1.29, 1.82) is 0 Å². The number of halogens is 6. The van der Waals surface area contributed by atoms with Crippen molar-refractivity contribution < 1.29 is 45.4 Å². The van der Waals surface area contributed by atoms with E-state index in [0.29, 0.717) is 0 Å². The van der Waals surface area contributed by atoms with E-state index in [4.69, 9.17) is 4.74 Å². The lowest BCUT2D eigenvalue weighted by Crippen LogP contribution is -2.67. The standard InChI is InChI=1S/C14H17F6NO4/c1-10(2,3)24-8(22)7-5-11(4)9(23)25-12(13(15,16)17,14(18,19)20)21(11)6-7/h7H,5-6H2,1-4H3/t7-,11+/m1/s1. The summed E-state index contributed by atoms with van der Waals surface area (Å²) in [6, 6.07) is 0. The van der Waals surface area contributed by atoms with Crippen LogP contribution in [0.2, 0.25) is 0 Å². The van der Waals surface area contributed by atoms with Gasteiger partial charge in [0.05, 0.1) is 5.92 Å². The summed E-state index contributed by atoms with van der Waals surface area (Å²) in [5, 5.41) is 0. The van der Waals surface area contributed by atoms with Crippen LogP contribution in [0, 0.1) is 5.92 Å². The highest BCUT2D eigenvalue weighted by molar-refractivity contribution is 5.86. The smallest absolute Gasteiger partial charge is 0.453 e. The molecular formula is C14H17F6NO4. The maximum atomic E-state index is 13.3. The van der Waals surface area contributed by atoms with Crippen LogP contribution < -0.4 is 0 Å². The topological polar surface area (TPSA) is 55.8 Å². The van der Waals surface area contributed by atoms with E-state index in [0.717, 1.165) is 6.92 Å². The number of esters is 2. The highest BCUT2D eigenvalue weighted by atomic mass is 19.4. The second-order valence-corrected chi connectivity index (χ2v) is 7.35. The van der Waals surface area contributed by atoms with Gasteiger partial charge >= 0.3 is 30.0 Å². The summed E-state index contributed by atoms with van der Waals surface area (Å²) in [4.78, 5) is 23.9. The first-order valence-electron chi connectivity index (χ1n) is 7.33. The summed E-state index contributed by atoms with van der Waals surface area (Å²) in [7, 11) is 0. The number of cyclic esters (lactones) is 1. The Bertz CT molecular complexity index is 580. The second-order valence-electron chi connectivity index (χ2n) is 7.35. The third-order valence-corrected chi connectivity index (χ3v) is 4.21. The summed E-state index contributed by atoms with van der Waals surface area (Å²) >= 11 is 0. The summed E-state index contributed by atoms with van der Waals surface area (Å²) in [5.74, 6) is -3.96. The molecule has 0 aromatic rings. The van der Waals surface area contributed by atoms with Crippen LogP contribution in [0.25, 0.3) is 0 Å². The van der Waals surface area contributed by atoms with Crippen LogP contribution in [0.4, 0.5) is 26.3 Å². The molecule has 0 aromatic heterocycles. The van der Waals surface area contributed by atoms with Crippen molar-refractivity contribution in [2.24, 2.45) is 5.92 Å². The van der Waals surface area contributed by atoms with E-state index in [9.17, 15) is 35.9 Å². The molecule has 2 heterocycles. The molecule has 2 saturated heterocycles. The Labute approximate surface area is 139 Å². The average Bonchev–Trinajstić information content (AvgIpc) is 2.79. The van der Waals surface area contributed by atoms with Crippen LogP contribution in [0.5, 0.6) is 0 Å². The van der Waals surface area contributed by atoms with E-state index in [2.05, 4.69) is 4.74 Å². The van der Waals surface area contributed by atoms with E-state index in [1.807, 2.05) is 0 Å². The molecule has 0 radical (unpaired) electrons. The van der Waals surface area contributed by atoms with Gasteiger partial charge in [0.25, 0.3) is 0 Å². The number of ether oxygens (including phenoxy) is 2. The molecule has 0 spiro atoms. The van der Waals surface area contributed by atoms with Gasteiger partial charge in [0.2, 0.25) is 0 Å². The number of hydrogen-bond acceptors (Lipinski definition) is 5. The van der Waals surface area contributed by atoms with Crippen molar-refractivity contribution in [3.05, 3.63) is 0 Å². The fourth-order valence-electron chi connectivity index (χ4n) is 3.17. The minimum absolute atomic E-state index is 0.114. The van der Waals surface area contributed by atoms with Gasteiger partial charge in [-0.2, -0.15) is 26.3 Å². The van der Waals surface area contributed by atoms with Gasteiger partial charge < -0.3 is 9.47 Å². The molecule has 0 saturated carbocycles. The van der Waals surface area contributed by atoms with E-state index < -0.39 is 60.0 Å². The summed E-state index contributed by atoms with van der Waals surface area (Å²) in [6.07, 6.45) is -12.4. The fraction of sp³-hybridized carbons (Fsp3) is 0.857. The van der Waals surface area contributed by atoms with Crippen LogP contribution >= 0.6 is 0 Å². The molecule has 2 aliphatic rings. The van der Waals surface area contributed by atoms with Crippen LogP contribution in [0.3, 0.4) is 0 Å². The van der Waals surface area contributed by atoms with Crippen molar-refractivity contribution in [1.82, 2.24) is 4.90 Å². The number of hydrogen-bond donors (Lipinski definition) is 0. The molecule has 0 aromatic carbocycles. The van der Waals surface area contributed by atoms with Gasteiger partial charge in [0.15, 0.2) is 0 Å². The maximum absolute atomic E-state index is 13.3. The predicted molar refractivity (Wildman–Crippen MR) is 70.0 cm³/mol. The molecule has 2 fully saturated rings. The quantitative estimate of drug-likeness (QED) is 0.520. The molecule has 0 bridgehead atoms. The van der Waals surface area contributed by atoms with Gasteiger partial charge in [-0.1, -0.05) is 0 Å². The minimum Gasteiger partial charge on any atom is -0.460 e. The highest BCUT2D eigenvalue weighted by Gasteiger charge is 2.85. The third kappa shape index (κ3) is 2.85. The Morgan fingerprint density at radius 3 is 2.04 bits per heavy atom. The molecule has 0 unspecified atom stereocenters. The fourth-order valence-corrected chi connectivity index (χ4v) is 3.17.